The second-order valence-electron chi connectivity index (χ2n) is 4.50. The standard InChI is InChI=1S/C14H10FN3O2/c1-9-2-3-10(6-13(9)18(19)20)12-8-17-7-11(15)4-5-14(17)16-12/h2-8H,1H3. The molecule has 0 saturated heterocycles. The number of pyridine rings is 1. The predicted molar refractivity (Wildman–Crippen MR) is 72.0 cm³/mol. The van der Waals surface area contributed by atoms with Crippen LogP contribution in [0.1, 0.15) is 5.56 Å². The first-order valence-electron chi connectivity index (χ1n) is 5.94. The molecular formula is C14H10FN3O2. The minimum atomic E-state index is -0.422. The third-order valence-corrected chi connectivity index (χ3v) is 3.12. The van der Waals surface area contributed by atoms with Gasteiger partial charge in [-0.25, -0.2) is 9.37 Å². The van der Waals surface area contributed by atoms with Crippen molar-refractivity contribution in [1.82, 2.24) is 9.38 Å². The van der Waals surface area contributed by atoms with Crippen molar-refractivity contribution in [1.29, 1.82) is 0 Å². The molecule has 5 nitrogen and oxygen atoms in total. The number of fused-ring (bicyclic) bond motifs is 1. The van der Waals surface area contributed by atoms with Crippen molar-refractivity contribution in [3.05, 3.63) is 64.2 Å². The van der Waals surface area contributed by atoms with E-state index in [0.717, 1.165) is 0 Å². The van der Waals surface area contributed by atoms with Crippen LogP contribution in [0.15, 0.2) is 42.7 Å². The molecule has 6 heteroatoms. The van der Waals surface area contributed by atoms with Crippen molar-refractivity contribution in [2.24, 2.45) is 0 Å². The Kier molecular flexibility index (Phi) is 2.71. The van der Waals surface area contributed by atoms with Gasteiger partial charge in [0.2, 0.25) is 0 Å². The minimum absolute atomic E-state index is 0.0470. The molecule has 0 spiro atoms. The van der Waals surface area contributed by atoms with Crippen LogP contribution in [0.3, 0.4) is 0 Å². The lowest BCUT2D eigenvalue weighted by Crippen LogP contribution is -1.92. The van der Waals surface area contributed by atoms with Crippen LogP contribution in [0, 0.1) is 22.9 Å². The highest BCUT2D eigenvalue weighted by Crippen LogP contribution is 2.26. The van der Waals surface area contributed by atoms with E-state index in [2.05, 4.69) is 4.98 Å². The number of aryl methyl sites for hydroxylation is 1. The molecule has 100 valence electrons. The Labute approximate surface area is 113 Å². The van der Waals surface area contributed by atoms with E-state index < -0.39 is 4.92 Å². The van der Waals surface area contributed by atoms with E-state index in [1.54, 1.807) is 35.7 Å². The van der Waals surface area contributed by atoms with Crippen molar-refractivity contribution in [2.75, 3.05) is 0 Å². The average Bonchev–Trinajstić information content (AvgIpc) is 2.81. The normalized spacial score (nSPS) is 10.9. The Morgan fingerprint density at radius 1 is 1.25 bits per heavy atom. The number of halogens is 1. The van der Waals surface area contributed by atoms with Gasteiger partial charge in [0.25, 0.3) is 5.69 Å². The molecule has 20 heavy (non-hydrogen) atoms. The van der Waals surface area contributed by atoms with Gasteiger partial charge in [0, 0.05) is 29.6 Å². The minimum Gasteiger partial charge on any atom is -0.304 e. The molecule has 3 aromatic rings. The molecule has 0 atom stereocenters. The van der Waals surface area contributed by atoms with Crippen LogP contribution < -0.4 is 0 Å². The summed E-state index contributed by atoms with van der Waals surface area (Å²) in [5, 5.41) is 11.0. The molecule has 0 saturated carbocycles. The third-order valence-electron chi connectivity index (χ3n) is 3.12. The van der Waals surface area contributed by atoms with Crippen LogP contribution in [0.2, 0.25) is 0 Å². The number of aromatic nitrogens is 2. The highest BCUT2D eigenvalue weighted by atomic mass is 19.1. The molecule has 0 radical (unpaired) electrons. The van der Waals surface area contributed by atoms with Gasteiger partial charge in [-0.3, -0.25) is 10.1 Å². The molecule has 0 bridgehead atoms. The number of benzene rings is 1. The first-order valence-corrected chi connectivity index (χ1v) is 5.94. The molecule has 2 heterocycles. The van der Waals surface area contributed by atoms with E-state index in [1.807, 2.05) is 0 Å². The van der Waals surface area contributed by atoms with Gasteiger partial charge in [-0.05, 0) is 19.1 Å². The van der Waals surface area contributed by atoms with E-state index in [-0.39, 0.29) is 11.5 Å². The third kappa shape index (κ3) is 2.01. The van der Waals surface area contributed by atoms with E-state index in [1.165, 1.54) is 18.3 Å². The summed E-state index contributed by atoms with van der Waals surface area (Å²) in [6, 6.07) is 7.80. The number of nitro benzene ring substituents is 1. The highest BCUT2D eigenvalue weighted by molar-refractivity contribution is 5.66. The Morgan fingerprint density at radius 2 is 2.05 bits per heavy atom. The SMILES string of the molecule is Cc1ccc(-c2cn3cc(F)ccc3n2)cc1[N+](=O)[O-]. The molecule has 0 aliphatic carbocycles. The van der Waals surface area contributed by atoms with Crippen LogP contribution in [0.5, 0.6) is 0 Å². The van der Waals surface area contributed by atoms with Crippen LogP contribution >= 0.6 is 0 Å². The first kappa shape index (κ1) is 12.3. The van der Waals surface area contributed by atoms with Crippen molar-refractivity contribution in [3.8, 4) is 11.3 Å². The predicted octanol–water partition coefficient (Wildman–Crippen LogP) is 3.36. The Morgan fingerprint density at radius 3 is 2.80 bits per heavy atom. The molecule has 0 unspecified atom stereocenters. The Balaban J connectivity index is 2.15. The van der Waals surface area contributed by atoms with E-state index in [0.29, 0.717) is 22.5 Å². The topological polar surface area (TPSA) is 60.4 Å². The number of hydrogen-bond donors (Lipinski definition) is 0. The molecule has 0 aliphatic rings. The number of rotatable bonds is 2. The fourth-order valence-electron chi connectivity index (χ4n) is 2.07. The van der Waals surface area contributed by atoms with Crippen LogP contribution in [-0.2, 0) is 0 Å². The second kappa shape index (κ2) is 4.41. The fraction of sp³-hybridized carbons (Fsp3) is 0.0714. The van der Waals surface area contributed by atoms with Crippen molar-refractivity contribution in [2.45, 2.75) is 6.92 Å². The van der Waals surface area contributed by atoms with Gasteiger partial charge in [-0.15, -0.1) is 0 Å². The fourth-order valence-corrected chi connectivity index (χ4v) is 2.07. The largest absolute Gasteiger partial charge is 0.304 e. The molecule has 3 rings (SSSR count). The maximum absolute atomic E-state index is 13.1. The molecule has 0 amide bonds. The van der Waals surface area contributed by atoms with Crippen molar-refractivity contribution in [3.63, 3.8) is 0 Å². The zero-order valence-corrected chi connectivity index (χ0v) is 10.6. The number of nitro groups is 1. The van der Waals surface area contributed by atoms with Gasteiger partial charge >= 0.3 is 0 Å². The number of nitrogens with zero attached hydrogens (tertiary/aromatic N) is 3. The molecule has 1 aromatic carbocycles. The lowest BCUT2D eigenvalue weighted by atomic mass is 10.1. The Bertz CT molecular complexity index is 826. The average molecular weight is 271 g/mol. The lowest BCUT2D eigenvalue weighted by molar-refractivity contribution is -0.385. The molecular weight excluding hydrogens is 261 g/mol. The van der Waals surface area contributed by atoms with Gasteiger partial charge in [-0.2, -0.15) is 0 Å². The van der Waals surface area contributed by atoms with Crippen LogP contribution in [-0.4, -0.2) is 14.3 Å². The Hall–Kier alpha value is -2.76. The zero-order chi connectivity index (χ0) is 14.3. The zero-order valence-electron chi connectivity index (χ0n) is 10.6. The summed E-state index contributed by atoms with van der Waals surface area (Å²) in [5.41, 5.74) is 2.43. The summed E-state index contributed by atoms with van der Waals surface area (Å²) in [4.78, 5) is 14.9. The summed E-state index contributed by atoms with van der Waals surface area (Å²) in [6.45, 7) is 1.68. The number of imidazole rings is 1. The highest BCUT2D eigenvalue weighted by Gasteiger charge is 2.13. The maximum Gasteiger partial charge on any atom is 0.272 e. The molecule has 0 fully saturated rings. The van der Waals surface area contributed by atoms with Crippen LogP contribution in [0.4, 0.5) is 10.1 Å². The van der Waals surface area contributed by atoms with Gasteiger partial charge in [0.15, 0.2) is 0 Å². The second-order valence-corrected chi connectivity index (χ2v) is 4.50. The summed E-state index contributed by atoms with van der Waals surface area (Å²) in [5.74, 6) is -0.365. The quantitative estimate of drug-likeness (QED) is 0.530. The first-order chi connectivity index (χ1) is 9.54. The van der Waals surface area contributed by atoms with E-state index in [9.17, 15) is 14.5 Å². The molecule has 2 aromatic heterocycles. The van der Waals surface area contributed by atoms with Gasteiger partial charge in [0.1, 0.15) is 11.5 Å². The van der Waals surface area contributed by atoms with Crippen molar-refractivity contribution >= 4 is 11.3 Å². The smallest absolute Gasteiger partial charge is 0.272 e. The summed E-state index contributed by atoms with van der Waals surface area (Å²) < 4.78 is 14.7. The summed E-state index contributed by atoms with van der Waals surface area (Å²) >= 11 is 0. The maximum atomic E-state index is 13.1. The van der Waals surface area contributed by atoms with E-state index >= 15 is 0 Å². The van der Waals surface area contributed by atoms with Gasteiger partial charge < -0.3 is 4.40 Å². The van der Waals surface area contributed by atoms with Crippen LogP contribution in [0.25, 0.3) is 16.9 Å². The van der Waals surface area contributed by atoms with Gasteiger partial charge in [-0.1, -0.05) is 12.1 Å². The molecule has 0 N–H and O–H groups in total. The number of hydrogen-bond acceptors (Lipinski definition) is 3. The lowest BCUT2D eigenvalue weighted by Gasteiger charge is -1.99. The molecule has 0 aliphatic heterocycles. The monoisotopic (exact) mass is 271 g/mol. The van der Waals surface area contributed by atoms with Crippen molar-refractivity contribution < 1.29 is 9.31 Å². The van der Waals surface area contributed by atoms with Gasteiger partial charge in [0.05, 0.1) is 10.6 Å². The van der Waals surface area contributed by atoms with E-state index in [4.69, 9.17) is 0 Å². The summed E-state index contributed by atoms with van der Waals surface area (Å²) in [7, 11) is 0. The summed E-state index contributed by atoms with van der Waals surface area (Å²) in [6.07, 6.45) is 2.96.